The number of rotatable bonds is 1. The van der Waals surface area contributed by atoms with Crippen LogP contribution in [0.1, 0.15) is 40.0 Å². The van der Waals surface area contributed by atoms with Crippen molar-refractivity contribution in [1.82, 2.24) is 10.6 Å². The Labute approximate surface area is 101 Å². The van der Waals surface area contributed by atoms with Crippen molar-refractivity contribution in [3.63, 3.8) is 0 Å². The molecule has 2 saturated heterocycles. The van der Waals surface area contributed by atoms with E-state index in [0.29, 0.717) is 12.5 Å². The van der Waals surface area contributed by atoms with E-state index in [4.69, 9.17) is 4.74 Å². The fourth-order valence-corrected chi connectivity index (χ4v) is 2.60. The summed E-state index contributed by atoms with van der Waals surface area (Å²) >= 11 is 0. The summed E-state index contributed by atoms with van der Waals surface area (Å²) in [5.74, 6) is 0. The predicted octanol–water partition coefficient (Wildman–Crippen LogP) is 1.74. The molecule has 0 aromatic heterocycles. The third kappa shape index (κ3) is 3.09. The number of alkyl carbamates (subject to hydrolysis) is 1. The van der Waals surface area contributed by atoms with Crippen molar-refractivity contribution >= 4 is 6.09 Å². The lowest BCUT2D eigenvalue weighted by Gasteiger charge is -2.33. The molecule has 2 bridgehead atoms. The van der Waals surface area contributed by atoms with Crippen LogP contribution in [0, 0.1) is 0 Å². The maximum atomic E-state index is 14.0. The predicted molar refractivity (Wildman–Crippen MR) is 62.6 cm³/mol. The minimum atomic E-state index is -1.01. The molecule has 4 atom stereocenters. The van der Waals surface area contributed by atoms with Gasteiger partial charge >= 0.3 is 6.09 Å². The maximum Gasteiger partial charge on any atom is 0.407 e. The number of fused-ring (bicyclic) bond motifs is 2. The van der Waals surface area contributed by atoms with E-state index in [2.05, 4.69) is 10.6 Å². The molecule has 2 rings (SSSR count). The van der Waals surface area contributed by atoms with Gasteiger partial charge in [0.1, 0.15) is 11.8 Å². The van der Waals surface area contributed by atoms with E-state index in [1.165, 1.54) is 0 Å². The van der Waals surface area contributed by atoms with Gasteiger partial charge in [0.2, 0.25) is 0 Å². The molecule has 2 heterocycles. The monoisotopic (exact) mass is 244 g/mol. The summed E-state index contributed by atoms with van der Waals surface area (Å²) < 4.78 is 19.1. The summed E-state index contributed by atoms with van der Waals surface area (Å²) in [6.45, 7) is 5.39. The van der Waals surface area contributed by atoms with E-state index >= 15 is 0 Å². The third-order valence-electron chi connectivity index (χ3n) is 3.29. The van der Waals surface area contributed by atoms with Crippen molar-refractivity contribution in [3.8, 4) is 0 Å². The van der Waals surface area contributed by atoms with Crippen molar-refractivity contribution in [2.75, 3.05) is 0 Å². The lowest BCUT2D eigenvalue weighted by atomic mass is 9.98. The Morgan fingerprint density at radius 2 is 2.12 bits per heavy atom. The fraction of sp³-hybridized carbons (Fsp3) is 0.917. The fourth-order valence-electron chi connectivity index (χ4n) is 2.60. The summed E-state index contributed by atoms with van der Waals surface area (Å²) in [5.41, 5.74) is -0.540. The molecule has 2 fully saturated rings. The topological polar surface area (TPSA) is 50.4 Å². The number of piperidine rings is 1. The number of carbonyl (C=O) groups is 1. The average Bonchev–Trinajstić information content (AvgIpc) is 2.55. The van der Waals surface area contributed by atoms with Crippen LogP contribution in [-0.2, 0) is 4.74 Å². The smallest absolute Gasteiger partial charge is 0.407 e. The molecule has 2 aliphatic rings. The van der Waals surface area contributed by atoms with Gasteiger partial charge in [-0.1, -0.05) is 0 Å². The van der Waals surface area contributed by atoms with Crippen LogP contribution >= 0.6 is 0 Å². The first-order valence-electron chi connectivity index (χ1n) is 6.25. The van der Waals surface area contributed by atoms with E-state index in [-0.39, 0.29) is 6.04 Å². The lowest BCUT2D eigenvalue weighted by molar-refractivity contribution is 0.0436. The van der Waals surface area contributed by atoms with E-state index in [1.807, 2.05) is 0 Å². The second-order valence-corrected chi connectivity index (χ2v) is 5.98. The molecular formula is C12H21FN2O2. The first-order valence-corrected chi connectivity index (χ1v) is 6.25. The van der Waals surface area contributed by atoms with E-state index < -0.39 is 23.9 Å². The quantitative estimate of drug-likeness (QED) is 0.738. The molecule has 17 heavy (non-hydrogen) atoms. The van der Waals surface area contributed by atoms with Gasteiger partial charge in [-0.3, -0.25) is 0 Å². The van der Waals surface area contributed by atoms with Gasteiger partial charge in [0.15, 0.2) is 0 Å². The molecule has 0 aromatic rings. The largest absolute Gasteiger partial charge is 0.444 e. The molecule has 0 aromatic carbocycles. The number of alkyl halides is 1. The lowest BCUT2D eigenvalue weighted by Crippen LogP contribution is -2.56. The standard InChI is InChI=1S/C12H21FN2O2/c1-12(2,3)17-11(16)15-9-6-7-4-5-8(14-7)10(9)13/h7-10,14H,4-6H2,1-3H3,(H,15,16)/t7-,8+,9+,10-/m1/s1. The summed E-state index contributed by atoms with van der Waals surface area (Å²) in [6, 6.07) is -0.177. The van der Waals surface area contributed by atoms with Crippen molar-refractivity contribution in [2.45, 2.75) is 69.9 Å². The number of hydrogen-bond donors (Lipinski definition) is 2. The van der Waals surface area contributed by atoms with Crippen molar-refractivity contribution in [1.29, 1.82) is 0 Å². The second kappa shape index (κ2) is 4.44. The molecule has 98 valence electrons. The number of amides is 1. The van der Waals surface area contributed by atoms with Crippen LogP contribution in [0.3, 0.4) is 0 Å². The van der Waals surface area contributed by atoms with E-state index in [1.54, 1.807) is 20.8 Å². The molecule has 0 radical (unpaired) electrons. The molecule has 2 aliphatic heterocycles. The number of ether oxygens (including phenoxy) is 1. The SMILES string of the molecule is CC(C)(C)OC(=O)N[C@H]1C[C@H]2CC[C@H](N2)[C@H]1F. The molecule has 0 spiro atoms. The van der Waals surface area contributed by atoms with Gasteiger partial charge in [0.05, 0.1) is 6.04 Å². The van der Waals surface area contributed by atoms with Gasteiger partial charge in [-0.25, -0.2) is 9.18 Å². The number of carbonyl (C=O) groups excluding carboxylic acids is 1. The highest BCUT2D eigenvalue weighted by Gasteiger charge is 2.42. The van der Waals surface area contributed by atoms with Crippen molar-refractivity contribution in [3.05, 3.63) is 0 Å². The van der Waals surface area contributed by atoms with Crippen LogP contribution in [0.2, 0.25) is 0 Å². The first-order chi connectivity index (χ1) is 7.85. The zero-order chi connectivity index (χ0) is 12.6. The minimum absolute atomic E-state index is 0.103. The number of nitrogens with one attached hydrogen (secondary N) is 2. The highest BCUT2D eigenvalue weighted by Crippen LogP contribution is 2.29. The number of hydrogen-bond acceptors (Lipinski definition) is 3. The van der Waals surface area contributed by atoms with Crippen LogP contribution in [0.5, 0.6) is 0 Å². The molecule has 5 heteroatoms. The minimum Gasteiger partial charge on any atom is -0.444 e. The molecule has 2 N–H and O–H groups in total. The normalized spacial score (nSPS) is 36.7. The van der Waals surface area contributed by atoms with Gasteiger partial charge in [-0.05, 0) is 40.0 Å². The Hall–Kier alpha value is -0.840. The highest BCUT2D eigenvalue weighted by atomic mass is 19.1. The van der Waals surface area contributed by atoms with Gasteiger partial charge < -0.3 is 15.4 Å². The third-order valence-corrected chi connectivity index (χ3v) is 3.29. The molecule has 4 nitrogen and oxygen atoms in total. The van der Waals surface area contributed by atoms with Crippen LogP contribution < -0.4 is 10.6 Å². The second-order valence-electron chi connectivity index (χ2n) is 5.98. The van der Waals surface area contributed by atoms with Gasteiger partial charge in [0, 0.05) is 12.1 Å². The Kier molecular flexibility index (Phi) is 3.30. The zero-order valence-electron chi connectivity index (χ0n) is 10.6. The highest BCUT2D eigenvalue weighted by molar-refractivity contribution is 5.68. The van der Waals surface area contributed by atoms with Gasteiger partial charge in [-0.2, -0.15) is 0 Å². The Morgan fingerprint density at radius 1 is 1.41 bits per heavy atom. The Balaban J connectivity index is 1.88. The first kappa shape index (κ1) is 12.6. The summed E-state index contributed by atoms with van der Waals surface area (Å²) in [6.07, 6.45) is 0.972. The zero-order valence-corrected chi connectivity index (χ0v) is 10.6. The van der Waals surface area contributed by atoms with Crippen LogP contribution in [0.4, 0.5) is 9.18 Å². The Morgan fingerprint density at radius 3 is 2.76 bits per heavy atom. The molecular weight excluding hydrogens is 223 g/mol. The molecule has 0 unspecified atom stereocenters. The van der Waals surface area contributed by atoms with E-state index in [0.717, 1.165) is 12.8 Å². The van der Waals surface area contributed by atoms with E-state index in [9.17, 15) is 9.18 Å². The molecule has 1 amide bonds. The molecule has 0 aliphatic carbocycles. The maximum absolute atomic E-state index is 14.0. The average molecular weight is 244 g/mol. The van der Waals surface area contributed by atoms with Crippen molar-refractivity contribution in [2.24, 2.45) is 0 Å². The summed E-state index contributed by atoms with van der Waals surface area (Å²) in [7, 11) is 0. The Bertz CT molecular complexity index is 303. The summed E-state index contributed by atoms with van der Waals surface area (Å²) in [4.78, 5) is 11.6. The van der Waals surface area contributed by atoms with Crippen LogP contribution in [-0.4, -0.2) is 36.0 Å². The van der Waals surface area contributed by atoms with Crippen LogP contribution in [0.15, 0.2) is 0 Å². The van der Waals surface area contributed by atoms with Gasteiger partial charge in [0.25, 0.3) is 0 Å². The molecule has 0 saturated carbocycles. The van der Waals surface area contributed by atoms with Crippen LogP contribution in [0.25, 0.3) is 0 Å². The van der Waals surface area contributed by atoms with Gasteiger partial charge in [-0.15, -0.1) is 0 Å². The number of halogens is 1. The van der Waals surface area contributed by atoms with Crippen molar-refractivity contribution < 1.29 is 13.9 Å². The summed E-state index contributed by atoms with van der Waals surface area (Å²) in [5, 5.41) is 5.87.